The molecule has 90 heavy (non-hydrogen) atoms. The Morgan fingerprint density at radius 1 is 0.522 bits per heavy atom. The fourth-order valence-corrected chi connectivity index (χ4v) is 8.97. The summed E-state index contributed by atoms with van der Waals surface area (Å²) in [4.78, 5) is 81.3. The predicted molar refractivity (Wildman–Crippen MR) is 375 cm³/mol. The largest absolute Gasteiger partial charge is 0.506 e. The predicted octanol–water partition coefficient (Wildman–Crippen LogP) is 8.91. The summed E-state index contributed by atoms with van der Waals surface area (Å²) in [6.07, 6.45) is 15.3. The van der Waals surface area contributed by atoms with Crippen molar-refractivity contribution in [2.45, 2.75) is 34.3 Å². The van der Waals surface area contributed by atoms with Crippen LogP contribution in [0.2, 0.25) is 0 Å². The highest BCUT2D eigenvalue weighted by molar-refractivity contribution is 14.1. The molecule has 0 aromatic carbocycles. The van der Waals surface area contributed by atoms with E-state index in [0.29, 0.717) is 38.1 Å². The van der Waals surface area contributed by atoms with Crippen LogP contribution in [-0.2, 0) is 35.4 Å². The van der Waals surface area contributed by atoms with Gasteiger partial charge in [0.15, 0.2) is 34.6 Å². The third kappa shape index (κ3) is 36.5. The monoisotopic (exact) mass is 1920 g/mol. The van der Waals surface area contributed by atoms with Crippen LogP contribution in [0.4, 0.5) is 0 Å². The van der Waals surface area contributed by atoms with E-state index in [9.17, 15) is 5.21 Å². The lowest BCUT2D eigenvalue weighted by molar-refractivity contribution is -0.193. The number of aliphatic hydroxyl groups is 1. The number of ether oxygens (including phenoxy) is 6. The third-order valence-corrected chi connectivity index (χ3v) is 15.1. The first-order valence-corrected chi connectivity index (χ1v) is 31.3. The van der Waals surface area contributed by atoms with Crippen LogP contribution in [0.15, 0.2) is 102 Å². The molecular weight excluding hydrogens is 1860 g/mol. The second kappa shape index (κ2) is 52.3. The summed E-state index contributed by atoms with van der Waals surface area (Å²) < 4.78 is 35.1. The Balaban J connectivity index is 0. The molecule has 8 heterocycles. The van der Waals surface area contributed by atoms with Gasteiger partial charge in [0.2, 0.25) is 0 Å². The minimum atomic E-state index is 0.000278. The smallest absolute Gasteiger partial charge is 0.373 e. The molecule has 0 saturated carbocycles. The highest BCUT2D eigenvalue weighted by Crippen LogP contribution is 2.25. The standard InChI is InChI=1S/C13H19IN4O2.C7H7IN2O2.2C7H8INO2.C7H8INO.C6H6INO.C6H7NO.3CO2/c1-3-17-4-6-18(7-5-17)13(16-19)10-8-11(20-2)12(14)15-9-10;1-12-6-2-5(4-10-11)3-9-7(6)8;1-10-5-3-6(11-2)7(8)9-4-5;1-11-6-2-5(4-10)3-9-7(6)8;1-5-3-6(10-2)7(8)9-4-5;1-4-2-5(9)6(7)8-3-4;1-5-2-6(8)4-7-3-5;3*2-1-3/h8-9,19H,3-7H2,1-2H3;2-4,11H,1H3;3-4H,1-2H3;2-3,10H,4H2,1H3;3-4H,1-2H3;2-3,9H,1H3;2-4,8H,1H3;;;/b16-13+;10-4-;;;;;;;;. The SMILES string of the molecule is CCN1CCN(/C(=N/O)c2cnc(I)c(OC)c2)CC1.COc1cc(/C=N\O)cnc1I.COc1cc(C)cnc1I.COc1cc(CO)cnc1I.COc1cnc(I)c(OC)c1.Cc1cnc(I)c(O)c1.Cc1cncc(O)c1.O=C=O.O=C=O.O=C=O. The average molecular weight is 1920 g/mol. The average Bonchev–Trinajstić information content (AvgIpc) is 2.51. The maximum Gasteiger partial charge on any atom is 0.373 e. The molecule has 1 aliphatic rings. The van der Waals surface area contributed by atoms with Crippen LogP contribution in [0.25, 0.3) is 0 Å². The lowest BCUT2D eigenvalue weighted by atomic mass is 10.2. The lowest BCUT2D eigenvalue weighted by Crippen LogP contribution is -2.48. The Morgan fingerprint density at radius 2 is 0.944 bits per heavy atom. The van der Waals surface area contributed by atoms with Gasteiger partial charge in [-0.3, -0.25) is 4.98 Å². The zero-order chi connectivity index (χ0) is 68.6. The lowest BCUT2D eigenvalue weighted by Gasteiger charge is -2.35. The molecule has 1 saturated heterocycles. The van der Waals surface area contributed by atoms with E-state index in [1.165, 1.54) is 12.4 Å². The van der Waals surface area contributed by atoms with Gasteiger partial charge in [-0.25, -0.2) is 29.9 Å². The van der Waals surface area contributed by atoms with Gasteiger partial charge in [-0.1, -0.05) is 17.2 Å². The van der Waals surface area contributed by atoms with Gasteiger partial charge >= 0.3 is 18.5 Å². The molecule has 486 valence electrons. The van der Waals surface area contributed by atoms with Crippen molar-refractivity contribution in [3.8, 4) is 46.0 Å². The number of oxime groups is 2. The number of methoxy groups -OCH3 is 6. The molecule has 0 bridgehead atoms. The fourth-order valence-electron chi connectivity index (χ4n) is 6.10. The molecular formula is C56H63I6N11O17. The van der Waals surface area contributed by atoms with Crippen molar-refractivity contribution in [1.82, 2.24) is 44.7 Å². The molecule has 34 heteroatoms. The molecule has 28 nitrogen and oxygen atoms in total. The Morgan fingerprint density at radius 3 is 1.36 bits per heavy atom. The first-order valence-electron chi connectivity index (χ1n) is 24.8. The summed E-state index contributed by atoms with van der Waals surface area (Å²) in [6.45, 7) is 12.6. The molecule has 0 spiro atoms. The van der Waals surface area contributed by atoms with Crippen LogP contribution in [0, 0.1) is 43.0 Å². The van der Waals surface area contributed by atoms with E-state index in [1.54, 1.807) is 110 Å². The van der Waals surface area contributed by atoms with Gasteiger partial charge < -0.3 is 64.0 Å². The number of amidine groups is 1. The number of aromatic nitrogens is 7. The van der Waals surface area contributed by atoms with Crippen LogP contribution in [-0.4, -0.2) is 176 Å². The summed E-state index contributed by atoms with van der Waals surface area (Å²) in [5.41, 5.74) is 5.32. The number of aromatic hydroxyl groups is 2. The van der Waals surface area contributed by atoms with Crippen molar-refractivity contribution in [3.05, 3.63) is 148 Å². The number of piperazine rings is 1. The van der Waals surface area contributed by atoms with Crippen molar-refractivity contribution < 1.29 is 82.9 Å². The number of aryl methyl sites for hydroxylation is 3. The minimum absolute atomic E-state index is 0.000278. The van der Waals surface area contributed by atoms with E-state index >= 15 is 0 Å². The Bertz CT molecular complexity index is 3280. The topological polar surface area (TPSA) is 380 Å². The van der Waals surface area contributed by atoms with Crippen LogP contribution >= 0.6 is 136 Å². The van der Waals surface area contributed by atoms with Crippen LogP contribution in [0.1, 0.15) is 40.3 Å². The molecule has 1 aliphatic heterocycles. The molecule has 5 N–H and O–H groups in total. The first kappa shape index (κ1) is 85.7. The molecule has 0 aliphatic carbocycles. The summed E-state index contributed by atoms with van der Waals surface area (Å²) in [5.74, 6) is 5.41. The van der Waals surface area contributed by atoms with Gasteiger partial charge in [-0.2, -0.15) is 28.8 Å². The van der Waals surface area contributed by atoms with E-state index in [-0.39, 0.29) is 36.6 Å². The van der Waals surface area contributed by atoms with Crippen molar-refractivity contribution in [3.63, 3.8) is 0 Å². The van der Waals surface area contributed by atoms with Crippen molar-refractivity contribution >= 4 is 166 Å². The number of hydrogen-bond acceptors (Lipinski definition) is 27. The summed E-state index contributed by atoms with van der Waals surface area (Å²) in [7, 11) is 9.62. The number of aliphatic hydroxyl groups excluding tert-OH is 1. The second-order valence-electron chi connectivity index (χ2n) is 16.2. The number of pyridine rings is 7. The zero-order valence-corrected chi connectivity index (χ0v) is 62.7. The van der Waals surface area contributed by atoms with Gasteiger partial charge in [0.1, 0.15) is 39.5 Å². The van der Waals surface area contributed by atoms with Crippen molar-refractivity contribution in [2.24, 2.45) is 10.3 Å². The number of nitrogens with zero attached hydrogens (tertiary/aromatic N) is 11. The Hall–Kier alpha value is -6.37. The van der Waals surface area contributed by atoms with Gasteiger partial charge in [0.05, 0.1) is 67.9 Å². The molecule has 0 amide bonds. The van der Waals surface area contributed by atoms with Gasteiger partial charge in [-0.15, -0.1) is 0 Å². The molecule has 0 atom stereocenters. The summed E-state index contributed by atoms with van der Waals surface area (Å²) in [6, 6.07) is 12.5. The normalized spacial score (nSPS) is 10.7. The summed E-state index contributed by atoms with van der Waals surface area (Å²) in [5, 5.41) is 50.5. The molecule has 7 aromatic rings. The van der Waals surface area contributed by atoms with E-state index in [2.05, 4.69) is 175 Å². The number of hydrogen-bond donors (Lipinski definition) is 5. The van der Waals surface area contributed by atoms with Gasteiger partial charge in [0, 0.05) is 80.6 Å². The number of likely N-dealkylation sites (N-methyl/N-ethyl adjacent to an activating group) is 1. The zero-order valence-electron chi connectivity index (χ0n) is 49.8. The maximum atomic E-state index is 9.35. The van der Waals surface area contributed by atoms with Gasteiger partial charge in [0.25, 0.3) is 0 Å². The first-order chi connectivity index (χ1) is 43.0. The third-order valence-electron chi connectivity index (χ3n) is 10.2. The van der Waals surface area contributed by atoms with E-state index in [0.717, 1.165) is 90.5 Å². The molecule has 7 aromatic heterocycles. The van der Waals surface area contributed by atoms with Gasteiger partial charge in [-0.05, 0) is 222 Å². The maximum absolute atomic E-state index is 9.35. The van der Waals surface area contributed by atoms with Crippen molar-refractivity contribution in [1.29, 1.82) is 0 Å². The number of rotatable bonds is 10. The second-order valence-corrected chi connectivity index (χ2v) is 22.4. The number of halogens is 6. The van der Waals surface area contributed by atoms with Crippen LogP contribution < -0.4 is 28.4 Å². The number of carbonyl (C=O) groups excluding carboxylic acids is 6. The van der Waals surface area contributed by atoms with E-state index < -0.39 is 0 Å². The van der Waals surface area contributed by atoms with Crippen LogP contribution in [0.3, 0.4) is 0 Å². The Kier molecular flexibility index (Phi) is 49.8. The highest BCUT2D eigenvalue weighted by atomic mass is 127. The molecule has 8 rings (SSSR count). The van der Waals surface area contributed by atoms with E-state index in [4.69, 9.17) is 77.7 Å². The molecule has 0 unspecified atom stereocenters. The van der Waals surface area contributed by atoms with Crippen molar-refractivity contribution in [2.75, 3.05) is 75.4 Å². The molecule has 1 fully saturated rings. The minimum Gasteiger partial charge on any atom is -0.506 e. The summed E-state index contributed by atoms with van der Waals surface area (Å²) >= 11 is 12.5. The van der Waals surface area contributed by atoms with Crippen LogP contribution in [0.5, 0.6) is 46.0 Å². The fraction of sp³-hybridized carbons (Fsp3) is 0.286. The Labute approximate surface area is 600 Å². The van der Waals surface area contributed by atoms with E-state index in [1.807, 2.05) is 61.7 Å². The molecule has 0 radical (unpaired) electrons. The quantitative estimate of drug-likeness (QED) is 0.0213. The highest BCUT2D eigenvalue weighted by Gasteiger charge is 2.22.